The Hall–Kier alpha value is -3.56. The van der Waals surface area contributed by atoms with Crippen LogP contribution in [0.25, 0.3) is 11.4 Å². The van der Waals surface area contributed by atoms with Crippen LogP contribution in [0.4, 0.5) is 13.2 Å². The molecule has 0 aliphatic carbocycles. The Morgan fingerprint density at radius 3 is 2.52 bits per heavy atom. The highest BCUT2D eigenvalue weighted by molar-refractivity contribution is 5.92. The second-order valence-corrected chi connectivity index (χ2v) is 5.59. The molecule has 0 saturated heterocycles. The molecule has 7 nitrogen and oxygen atoms in total. The van der Waals surface area contributed by atoms with Crippen molar-refractivity contribution in [1.82, 2.24) is 10.1 Å². The van der Waals surface area contributed by atoms with Crippen LogP contribution in [0.3, 0.4) is 0 Å². The summed E-state index contributed by atoms with van der Waals surface area (Å²) >= 11 is 0. The number of esters is 1. The summed E-state index contributed by atoms with van der Waals surface area (Å²) in [5.74, 6) is -0.441. The Morgan fingerprint density at radius 2 is 1.83 bits per heavy atom. The molecule has 0 fully saturated rings. The number of carbonyl (C=O) groups is 1. The van der Waals surface area contributed by atoms with Crippen molar-refractivity contribution < 1.29 is 36.7 Å². The monoisotopic (exact) mass is 408 g/mol. The van der Waals surface area contributed by atoms with Gasteiger partial charge < -0.3 is 18.7 Å². The number of ether oxygens (including phenoxy) is 3. The van der Waals surface area contributed by atoms with Crippen molar-refractivity contribution in [3.8, 4) is 22.9 Å². The Balaban J connectivity index is 1.63. The van der Waals surface area contributed by atoms with E-state index in [1.165, 1.54) is 12.1 Å². The smallest absolute Gasteiger partial charge is 0.493 e. The second kappa shape index (κ2) is 8.63. The van der Waals surface area contributed by atoms with Gasteiger partial charge in [0.05, 0.1) is 6.61 Å². The molecule has 0 aliphatic heterocycles. The first-order valence-electron chi connectivity index (χ1n) is 8.43. The van der Waals surface area contributed by atoms with Crippen LogP contribution in [0.15, 0.2) is 53.1 Å². The van der Waals surface area contributed by atoms with Crippen LogP contribution in [0.1, 0.15) is 23.2 Å². The van der Waals surface area contributed by atoms with Crippen molar-refractivity contribution in [2.45, 2.75) is 19.9 Å². The lowest BCUT2D eigenvalue weighted by Gasteiger charge is -2.08. The molecule has 0 atom stereocenters. The quantitative estimate of drug-likeness (QED) is 0.536. The molecule has 0 spiro atoms. The SMILES string of the molecule is CCOc1ccccc1C(=O)OCc1nc(-c2ccc(OC(F)(F)F)cc2)no1. The number of nitrogens with zero attached hydrogens (tertiary/aromatic N) is 2. The van der Waals surface area contributed by atoms with Gasteiger partial charge in [-0.05, 0) is 43.3 Å². The molecule has 1 heterocycles. The van der Waals surface area contributed by atoms with Gasteiger partial charge in [-0.25, -0.2) is 4.79 Å². The largest absolute Gasteiger partial charge is 0.573 e. The van der Waals surface area contributed by atoms with Gasteiger partial charge in [0.2, 0.25) is 5.82 Å². The average Bonchev–Trinajstić information content (AvgIpc) is 3.15. The maximum atomic E-state index is 12.2. The summed E-state index contributed by atoms with van der Waals surface area (Å²) in [6.45, 7) is 1.91. The number of aromatic nitrogens is 2. The number of hydrogen-bond donors (Lipinski definition) is 0. The van der Waals surface area contributed by atoms with Crippen molar-refractivity contribution in [1.29, 1.82) is 0 Å². The van der Waals surface area contributed by atoms with E-state index in [9.17, 15) is 18.0 Å². The molecule has 0 amide bonds. The molecule has 10 heteroatoms. The number of halogens is 3. The summed E-state index contributed by atoms with van der Waals surface area (Å²) in [7, 11) is 0. The van der Waals surface area contributed by atoms with E-state index in [4.69, 9.17) is 14.0 Å². The molecule has 3 rings (SSSR count). The maximum Gasteiger partial charge on any atom is 0.573 e. The summed E-state index contributed by atoms with van der Waals surface area (Å²) in [5.41, 5.74) is 0.664. The van der Waals surface area contributed by atoms with Gasteiger partial charge >= 0.3 is 12.3 Å². The van der Waals surface area contributed by atoms with E-state index >= 15 is 0 Å². The van der Waals surface area contributed by atoms with E-state index in [2.05, 4.69) is 14.9 Å². The van der Waals surface area contributed by atoms with Crippen LogP contribution in [-0.2, 0) is 11.3 Å². The zero-order chi connectivity index (χ0) is 20.9. The molecule has 2 aromatic carbocycles. The van der Waals surface area contributed by atoms with Crippen LogP contribution >= 0.6 is 0 Å². The van der Waals surface area contributed by atoms with E-state index in [0.29, 0.717) is 17.9 Å². The zero-order valence-electron chi connectivity index (χ0n) is 15.1. The summed E-state index contributed by atoms with van der Waals surface area (Å²) < 4.78 is 55.9. The minimum atomic E-state index is -4.77. The van der Waals surface area contributed by atoms with Crippen molar-refractivity contribution in [3.63, 3.8) is 0 Å². The highest BCUT2D eigenvalue weighted by Crippen LogP contribution is 2.25. The highest BCUT2D eigenvalue weighted by Gasteiger charge is 2.31. The lowest BCUT2D eigenvalue weighted by molar-refractivity contribution is -0.274. The number of carbonyl (C=O) groups excluding carboxylic acids is 1. The summed E-state index contributed by atoms with van der Waals surface area (Å²) in [4.78, 5) is 16.3. The topological polar surface area (TPSA) is 83.7 Å². The Labute approximate surface area is 163 Å². The van der Waals surface area contributed by atoms with Crippen molar-refractivity contribution in [2.75, 3.05) is 6.61 Å². The predicted octanol–water partition coefficient (Wildman–Crippen LogP) is 4.39. The van der Waals surface area contributed by atoms with E-state index in [1.54, 1.807) is 31.2 Å². The van der Waals surface area contributed by atoms with Crippen molar-refractivity contribution in [3.05, 3.63) is 60.0 Å². The number of alkyl halides is 3. The van der Waals surface area contributed by atoms with Gasteiger partial charge in [-0.15, -0.1) is 13.2 Å². The van der Waals surface area contributed by atoms with Gasteiger partial charge in [0.25, 0.3) is 5.89 Å². The minimum Gasteiger partial charge on any atom is -0.493 e. The van der Waals surface area contributed by atoms with Gasteiger partial charge in [0.1, 0.15) is 17.1 Å². The Morgan fingerprint density at radius 1 is 1.10 bits per heavy atom. The lowest BCUT2D eigenvalue weighted by Crippen LogP contribution is -2.16. The molecule has 1 aromatic heterocycles. The number of benzene rings is 2. The number of hydrogen-bond acceptors (Lipinski definition) is 7. The molecule has 0 saturated carbocycles. The zero-order valence-corrected chi connectivity index (χ0v) is 15.1. The summed E-state index contributed by atoms with van der Waals surface area (Å²) in [5, 5.41) is 3.72. The molecule has 0 radical (unpaired) electrons. The average molecular weight is 408 g/mol. The van der Waals surface area contributed by atoms with Crippen molar-refractivity contribution >= 4 is 5.97 Å². The maximum absolute atomic E-state index is 12.2. The summed E-state index contributed by atoms with van der Waals surface area (Å²) in [6, 6.07) is 11.6. The molecule has 0 aliphatic rings. The first-order chi connectivity index (χ1) is 13.9. The molecule has 0 N–H and O–H groups in total. The standard InChI is InChI=1S/C19H15F3N2O5/c1-2-26-15-6-4-3-5-14(15)18(25)27-11-16-23-17(24-29-16)12-7-9-13(10-8-12)28-19(20,21)22/h3-10H,2,11H2,1H3. The third kappa shape index (κ3) is 5.47. The fraction of sp³-hybridized carbons (Fsp3) is 0.211. The molecule has 3 aromatic rings. The van der Waals surface area contributed by atoms with Gasteiger partial charge in [0.15, 0.2) is 6.61 Å². The fourth-order valence-corrected chi connectivity index (χ4v) is 2.36. The van der Waals surface area contributed by atoms with Crippen LogP contribution in [-0.4, -0.2) is 29.1 Å². The molecule has 152 valence electrons. The minimum absolute atomic E-state index is 0.0258. The third-order valence-electron chi connectivity index (χ3n) is 3.55. The first-order valence-corrected chi connectivity index (χ1v) is 8.43. The Bertz CT molecular complexity index is 970. The van der Waals surface area contributed by atoms with Crippen LogP contribution < -0.4 is 9.47 Å². The normalized spacial score (nSPS) is 11.2. The van der Waals surface area contributed by atoms with E-state index in [-0.39, 0.29) is 29.6 Å². The van der Waals surface area contributed by atoms with E-state index < -0.39 is 12.3 Å². The van der Waals surface area contributed by atoms with Crippen molar-refractivity contribution in [2.24, 2.45) is 0 Å². The van der Waals surface area contributed by atoms with Crippen LogP contribution in [0.5, 0.6) is 11.5 Å². The molecular formula is C19H15F3N2O5. The lowest BCUT2D eigenvalue weighted by atomic mass is 10.2. The Kier molecular flexibility index (Phi) is 6.01. The first kappa shape index (κ1) is 20.2. The van der Waals surface area contributed by atoms with Gasteiger partial charge in [0, 0.05) is 5.56 Å². The van der Waals surface area contributed by atoms with Gasteiger partial charge in [-0.3, -0.25) is 0 Å². The molecule has 0 bridgehead atoms. The highest BCUT2D eigenvalue weighted by atomic mass is 19.4. The molecule has 0 unspecified atom stereocenters. The number of para-hydroxylation sites is 1. The van der Waals surface area contributed by atoms with E-state index in [1.807, 2.05) is 0 Å². The van der Waals surface area contributed by atoms with Crippen LogP contribution in [0.2, 0.25) is 0 Å². The van der Waals surface area contributed by atoms with Gasteiger partial charge in [-0.1, -0.05) is 17.3 Å². The number of rotatable bonds is 7. The predicted molar refractivity (Wildman–Crippen MR) is 93.1 cm³/mol. The third-order valence-corrected chi connectivity index (χ3v) is 3.55. The van der Waals surface area contributed by atoms with Crippen LogP contribution in [0, 0.1) is 0 Å². The van der Waals surface area contributed by atoms with E-state index in [0.717, 1.165) is 12.1 Å². The van der Waals surface area contributed by atoms with Gasteiger partial charge in [-0.2, -0.15) is 4.98 Å². The molecular weight excluding hydrogens is 393 g/mol. The molecule has 29 heavy (non-hydrogen) atoms. The summed E-state index contributed by atoms with van der Waals surface area (Å²) in [6.07, 6.45) is -4.77. The second-order valence-electron chi connectivity index (χ2n) is 5.59. The fourth-order valence-electron chi connectivity index (χ4n) is 2.36.